The van der Waals surface area contributed by atoms with Crippen LogP contribution in [0.4, 0.5) is 0 Å². The lowest BCUT2D eigenvalue weighted by atomic mass is 10.0. The fourth-order valence-electron chi connectivity index (χ4n) is 3.03. The topological polar surface area (TPSA) is 98.2 Å². The molecule has 2 N–H and O–H groups in total. The summed E-state index contributed by atoms with van der Waals surface area (Å²) in [6.07, 6.45) is 0.215. The first-order valence-corrected chi connectivity index (χ1v) is 9.00. The number of rotatable bonds is 5. The average Bonchev–Trinajstić information content (AvgIpc) is 2.72. The molecule has 0 aliphatic carbocycles. The molecule has 0 spiro atoms. The maximum absolute atomic E-state index is 12.7. The maximum atomic E-state index is 12.7. The third-order valence-corrected chi connectivity index (χ3v) is 4.54. The van der Waals surface area contributed by atoms with Gasteiger partial charge in [0.05, 0.1) is 33.8 Å². The zero-order chi connectivity index (χ0) is 21.0. The summed E-state index contributed by atoms with van der Waals surface area (Å²) in [4.78, 5) is 29.4. The van der Waals surface area contributed by atoms with Gasteiger partial charge in [-0.3, -0.25) is 20.2 Å². The molecule has 2 aromatic rings. The minimum absolute atomic E-state index is 0.102. The van der Waals surface area contributed by atoms with Crippen molar-refractivity contribution in [3.8, 4) is 17.2 Å². The molecule has 2 amide bonds. The Morgan fingerprint density at radius 3 is 2.24 bits per heavy atom. The number of hydrogen-bond donors (Lipinski definition) is 2. The molecule has 0 saturated heterocycles. The average molecular weight is 397 g/mol. The first kappa shape index (κ1) is 20.2. The van der Waals surface area contributed by atoms with Gasteiger partial charge in [-0.15, -0.1) is 0 Å². The van der Waals surface area contributed by atoms with Gasteiger partial charge in [-0.1, -0.05) is 29.8 Å². The molecule has 29 heavy (non-hydrogen) atoms. The molecule has 0 saturated carbocycles. The van der Waals surface area contributed by atoms with Crippen LogP contribution in [0.3, 0.4) is 0 Å². The van der Waals surface area contributed by atoms with Crippen molar-refractivity contribution in [3.05, 3.63) is 53.1 Å². The number of methoxy groups -OCH3 is 3. The highest BCUT2D eigenvalue weighted by Crippen LogP contribution is 2.38. The van der Waals surface area contributed by atoms with Gasteiger partial charge in [0.2, 0.25) is 17.6 Å². The number of carbonyl (C=O) groups excluding carboxylic acids is 2. The number of ether oxygens (including phenoxy) is 3. The number of hydrogen-bond acceptors (Lipinski definition) is 6. The molecule has 1 heterocycles. The summed E-state index contributed by atoms with van der Waals surface area (Å²) < 4.78 is 15.8. The molecular formula is C21H23N3O5. The van der Waals surface area contributed by atoms with E-state index in [9.17, 15) is 9.59 Å². The second kappa shape index (κ2) is 8.64. The predicted molar refractivity (Wildman–Crippen MR) is 108 cm³/mol. The number of benzene rings is 2. The summed E-state index contributed by atoms with van der Waals surface area (Å²) in [7, 11) is 4.42. The van der Waals surface area contributed by atoms with Crippen LogP contribution in [0.1, 0.15) is 33.9 Å². The van der Waals surface area contributed by atoms with E-state index in [-0.39, 0.29) is 29.9 Å². The van der Waals surface area contributed by atoms with Gasteiger partial charge in [-0.25, -0.2) is 4.99 Å². The number of carbonyl (C=O) groups is 2. The Balaban J connectivity index is 1.85. The number of nitrogens with one attached hydrogen (secondary N) is 2. The summed E-state index contributed by atoms with van der Waals surface area (Å²) >= 11 is 0. The van der Waals surface area contributed by atoms with E-state index in [1.165, 1.54) is 33.5 Å². The van der Waals surface area contributed by atoms with Crippen molar-refractivity contribution in [1.29, 1.82) is 0 Å². The second-order valence-corrected chi connectivity index (χ2v) is 6.52. The Hall–Kier alpha value is -3.55. The SMILES string of the molecule is COc1cc(C(=O)NC2=N[C@H](c3ccc(C)cc3)CC(=O)N2)cc(OC)c1OC. The van der Waals surface area contributed by atoms with Gasteiger partial charge in [-0.05, 0) is 24.6 Å². The van der Waals surface area contributed by atoms with Crippen molar-refractivity contribution in [2.45, 2.75) is 19.4 Å². The number of amides is 2. The molecule has 1 atom stereocenters. The van der Waals surface area contributed by atoms with Gasteiger partial charge >= 0.3 is 0 Å². The molecule has 152 valence electrons. The number of guanidine groups is 1. The third-order valence-electron chi connectivity index (χ3n) is 4.54. The van der Waals surface area contributed by atoms with Crippen molar-refractivity contribution in [2.24, 2.45) is 4.99 Å². The predicted octanol–water partition coefficient (Wildman–Crippen LogP) is 2.37. The largest absolute Gasteiger partial charge is 0.493 e. The molecule has 0 aromatic heterocycles. The Kier molecular flexibility index (Phi) is 6.01. The molecule has 0 radical (unpaired) electrons. The lowest BCUT2D eigenvalue weighted by Gasteiger charge is -2.22. The van der Waals surface area contributed by atoms with Crippen molar-refractivity contribution in [3.63, 3.8) is 0 Å². The molecule has 3 rings (SSSR count). The van der Waals surface area contributed by atoms with Gasteiger partial charge < -0.3 is 14.2 Å². The summed E-state index contributed by atoms with van der Waals surface area (Å²) in [6, 6.07) is 10.5. The fourth-order valence-corrected chi connectivity index (χ4v) is 3.03. The van der Waals surface area contributed by atoms with E-state index in [0.717, 1.165) is 11.1 Å². The van der Waals surface area contributed by atoms with Gasteiger partial charge in [0.1, 0.15) is 0 Å². The van der Waals surface area contributed by atoms with Crippen LogP contribution in [0.25, 0.3) is 0 Å². The molecule has 8 nitrogen and oxygen atoms in total. The molecule has 1 aliphatic rings. The molecule has 0 bridgehead atoms. The van der Waals surface area contributed by atoms with Gasteiger partial charge in [0.25, 0.3) is 5.91 Å². The van der Waals surface area contributed by atoms with Crippen LogP contribution >= 0.6 is 0 Å². The Morgan fingerprint density at radius 1 is 1.07 bits per heavy atom. The second-order valence-electron chi connectivity index (χ2n) is 6.52. The van der Waals surface area contributed by atoms with Gasteiger partial charge in [0.15, 0.2) is 11.5 Å². The van der Waals surface area contributed by atoms with E-state index in [2.05, 4.69) is 15.6 Å². The third kappa shape index (κ3) is 4.48. The highest BCUT2D eigenvalue weighted by Gasteiger charge is 2.24. The maximum Gasteiger partial charge on any atom is 0.258 e. The van der Waals surface area contributed by atoms with Crippen LogP contribution in [0.5, 0.6) is 17.2 Å². The van der Waals surface area contributed by atoms with Gasteiger partial charge in [-0.2, -0.15) is 0 Å². The zero-order valence-corrected chi connectivity index (χ0v) is 16.7. The van der Waals surface area contributed by atoms with Crippen molar-refractivity contribution in [1.82, 2.24) is 10.6 Å². The van der Waals surface area contributed by atoms with Crippen molar-refractivity contribution >= 4 is 17.8 Å². The molecule has 0 unspecified atom stereocenters. The molecule has 1 aliphatic heterocycles. The van der Waals surface area contributed by atoms with E-state index in [1.54, 1.807) is 0 Å². The van der Waals surface area contributed by atoms with Crippen LogP contribution in [0.15, 0.2) is 41.4 Å². The van der Waals surface area contributed by atoms with E-state index < -0.39 is 5.91 Å². The van der Waals surface area contributed by atoms with E-state index in [1.807, 2.05) is 31.2 Å². The zero-order valence-electron chi connectivity index (χ0n) is 16.7. The first-order chi connectivity index (χ1) is 13.9. The monoisotopic (exact) mass is 397 g/mol. The number of nitrogens with zero attached hydrogens (tertiary/aromatic N) is 1. The number of aryl methyl sites for hydroxylation is 1. The number of aliphatic imine (C=N–C) groups is 1. The summed E-state index contributed by atoms with van der Waals surface area (Å²) in [5, 5.41) is 5.24. The summed E-state index contributed by atoms with van der Waals surface area (Å²) in [5.74, 6) is 0.506. The van der Waals surface area contributed by atoms with E-state index in [4.69, 9.17) is 14.2 Å². The lowest BCUT2D eigenvalue weighted by molar-refractivity contribution is -0.120. The highest BCUT2D eigenvalue weighted by atomic mass is 16.5. The highest BCUT2D eigenvalue weighted by molar-refractivity contribution is 6.11. The molecule has 2 aromatic carbocycles. The van der Waals surface area contributed by atoms with E-state index in [0.29, 0.717) is 17.2 Å². The fraction of sp³-hybridized carbons (Fsp3) is 0.286. The lowest BCUT2D eigenvalue weighted by Crippen LogP contribution is -2.47. The van der Waals surface area contributed by atoms with Crippen LogP contribution in [-0.2, 0) is 4.79 Å². The van der Waals surface area contributed by atoms with Crippen LogP contribution in [0, 0.1) is 6.92 Å². The van der Waals surface area contributed by atoms with Crippen LogP contribution < -0.4 is 24.8 Å². The smallest absolute Gasteiger partial charge is 0.258 e. The van der Waals surface area contributed by atoms with Crippen LogP contribution in [-0.4, -0.2) is 39.1 Å². The minimum Gasteiger partial charge on any atom is -0.493 e. The minimum atomic E-state index is -0.465. The molecule has 8 heteroatoms. The normalized spacial score (nSPS) is 15.8. The Bertz CT molecular complexity index is 928. The first-order valence-electron chi connectivity index (χ1n) is 9.00. The van der Waals surface area contributed by atoms with E-state index >= 15 is 0 Å². The Labute approximate surface area is 168 Å². The quantitative estimate of drug-likeness (QED) is 0.807. The Morgan fingerprint density at radius 2 is 1.69 bits per heavy atom. The van der Waals surface area contributed by atoms with Crippen molar-refractivity contribution < 1.29 is 23.8 Å². The van der Waals surface area contributed by atoms with Gasteiger partial charge in [0, 0.05) is 5.56 Å². The van der Waals surface area contributed by atoms with Crippen molar-refractivity contribution in [2.75, 3.05) is 21.3 Å². The molecular weight excluding hydrogens is 374 g/mol. The summed E-state index contributed by atoms with van der Waals surface area (Å²) in [5.41, 5.74) is 2.30. The summed E-state index contributed by atoms with van der Waals surface area (Å²) in [6.45, 7) is 1.99. The van der Waals surface area contributed by atoms with Crippen LogP contribution in [0.2, 0.25) is 0 Å². The molecule has 0 fully saturated rings. The standard InChI is InChI=1S/C21H23N3O5/c1-12-5-7-13(8-6-12)15-11-18(25)23-21(22-15)24-20(26)14-9-16(27-2)19(29-4)17(10-14)28-3/h5-10,15H,11H2,1-4H3,(H2,22,23,24,25,26)/t15-/m0/s1.